The van der Waals surface area contributed by atoms with Crippen LogP contribution in [0.1, 0.15) is 23.9 Å². The molecule has 0 radical (unpaired) electrons. The van der Waals surface area contributed by atoms with Crippen LogP contribution >= 0.6 is 0 Å². The number of aryl methyl sites for hydroxylation is 1. The zero-order valence-corrected chi connectivity index (χ0v) is 14.6. The first-order valence-corrected chi connectivity index (χ1v) is 8.40. The Morgan fingerprint density at radius 2 is 2.40 bits per heavy atom. The number of carbonyl (C=O) groups is 1. The Kier molecular flexibility index (Phi) is 5.55. The summed E-state index contributed by atoms with van der Waals surface area (Å²) in [5.41, 5.74) is 0.910. The lowest BCUT2D eigenvalue weighted by Crippen LogP contribution is -2.41. The third kappa shape index (κ3) is 4.30. The Morgan fingerprint density at radius 3 is 3.08 bits per heavy atom. The molecule has 2 atom stereocenters. The van der Waals surface area contributed by atoms with Gasteiger partial charge in [-0.3, -0.25) is 0 Å². The molecule has 3 rings (SSSR count). The average molecular weight is 344 g/mol. The SMILES string of the molecule is COc1cccc([C@@H](NC(=O)NC[C@H]2CCOC2)c2nccn2C)c1. The van der Waals surface area contributed by atoms with Crippen molar-refractivity contribution >= 4 is 6.03 Å². The first-order valence-electron chi connectivity index (χ1n) is 8.40. The molecule has 1 saturated heterocycles. The lowest BCUT2D eigenvalue weighted by molar-refractivity contribution is 0.185. The molecule has 2 heterocycles. The van der Waals surface area contributed by atoms with Crippen LogP contribution in [0, 0.1) is 5.92 Å². The first-order chi connectivity index (χ1) is 12.2. The van der Waals surface area contributed by atoms with E-state index in [4.69, 9.17) is 9.47 Å². The molecule has 25 heavy (non-hydrogen) atoms. The van der Waals surface area contributed by atoms with E-state index in [1.54, 1.807) is 13.3 Å². The standard InChI is InChI=1S/C18H24N4O3/c1-22-8-7-19-17(22)16(14-4-3-5-15(10-14)24-2)21-18(23)20-11-13-6-9-25-12-13/h3-5,7-8,10,13,16H,6,9,11-12H2,1-2H3,(H2,20,21,23)/t13-,16-/m1/s1. The summed E-state index contributed by atoms with van der Waals surface area (Å²) in [7, 11) is 3.53. The van der Waals surface area contributed by atoms with E-state index < -0.39 is 0 Å². The maximum atomic E-state index is 12.4. The maximum Gasteiger partial charge on any atom is 0.315 e. The molecule has 0 spiro atoms. The molecule has 1 aliphatic rings. The number of ether oxygens (including phenoxy) is 2. The predicted molar refractivity (Wildman–Crippen MR) is 93.5 cm³/mol. The highest BCUT2D eigenvalue weighted by Crippen LogP contribution is 2.24. The minimum Gasteiger partial charge on any atom is -0.497 e. The summed E-state index contributed by atoms with van der Waals surface area (Å²) in [6.45, 7) is 2.09. The predicted octanol–water partition coefficient (Wildman–Crippen LogP) is 1.85. The minimum absolute atomic E-state index is 0.220. The van der Waals surface area contributed by atoms with E-state index in [0.29, 0.717) is 19.1 Å². The highest BCUT2D eigenvalue weighted by molar-refractivity contribution is 5.74. The number of rotatable bonds is 6. The maximum absolute atomic E-state index is 12.4. The van der Waals surface area contributed by atoms with E-state index in [-0.39, 0.29) is 12.1 Å². The number of aromatic nitrogens is 2. The second-order valence-corrected chi connectivity index (χ2v) is 6.19. The van der Waals surface area contributed by atoms with Gasteiger partial charge in [-0.1, -0.05) is 12.1 Å². The van der Waals surface area contributed by atoms with Gasteiger partial charge in [-0.05, 0) is 24.1 Å². The van der Waals surface area contributed by atoms with E-state index >= 15 is 0 Å². The van der Waals surface area contributed by atoms with E-state index in [1.807, 2.05) is 42.1 Å². The fourth-order valence-corrected chi connectivity index (χ4v) is 2.94. The number of benzene rings is 1. The van der Waals surface area contributed by atoms with Gasteiger partial charge in [-0.2, -0.15) is 0 Å². The van der Waals surface area contributed by atoms with Crippen molar-refractivity contribution in [3.63, 3.8) is 0 Å². The summed E-state index contributed by atoms with van der Waals surface area (Å²) in [5.74, 6) is 1.88. The van der Waals surface area contributed by atoms with Crippen molar-refractivity contribution in [2.45, 2.75) is 12.5 Å². The molecular weight excluding hydrogens is 320 g/mol. The summed E-state index contributed by atoms with van der Waals surface area (Å²) in [6, 6.07) is 7.05. The van der Waals surface area contributed by atoms with Gasteiger partial charge >= 0.3 is 6.03 Å². The zero-order valence-electron chi connectivity index (χ0n) is 14.6. The molecule has 0 unspecified atom stereocenters. The van der Waals surface area contributed by atoms with E-state index in [1.165, 1.54) is 0 Å². The quantitative estimate of drug-likeness (QED) is 0.838. The molecule has 1 fully saturated rings. The Hall–Kier alpha value is -2.54. The van der Waals surface area contributed by atoms with Gasteiger partial charge in [0.2, 0.25) is 0 Å². The third-order valence-corrected chi connectivity index (χ3v) is 4.39. The molecule has 1 aromatic carbocycles. The number of imidazole rings is 1. The topological polar surface area (TPSA) is 77.4 Å². The normalized spacial score (nSPS) is 17.9. The van der Waals surface area contributed by atoms with Crippen LogP contribution in [0.5, 0.6) is 5.75 Å². The summed E-state index contributed by atoms with van der Waals surface area (Å²) < 4.78 is 12.5. The third-order valence-electron chi connectivity index (χ3n) is 4.39. The fraction of sp³-hybridized carbons (Fsp3) is 0.444. The number of methoxy groups -OCH3 is 1. The zero-order chi connectivity index (χ0) is 17.6. The summed E-state index contributed by atoms with van der Waals surface area (Å²) in [4.78, 5) is 16.8. The molecule has 7 nitrogen and oxygen atoms in total. The minimum atomic E-state index is -0.366. The number of urea groups is 1. The monoisotopic (exact) mass is 344 g/mol. The molecule has 1 aliphatic heterocycles. The average Bonchev–Trinajstić information content (AvgIpc) is 3.29. The van der Waals surface area contributed by atoms with Crippen molar-refractivity contribution in [2.24, 2.45) is 13.0 Å². The Bertz CT molecular complexity index is 710. The smallest absolute Gasteiger partial charge is 0.315 e. The van der Waals surface area contributed by atoms with Crippen LogP contribution in [0.2, 0.25) is 0 Å². The molecule has 0 saturated carbocycles. The van der Waals surface area contributed by atoms with E-state index in [9.17, 15) is 4.79 Å². The van der Waals surface area contributed by atoms with Crippen molar-refractivity contribution < 1.29 is 14.3 Å². The number of hydrogen-bond acceptors (Lipinski definition) is 4. The highest BCUT2D eigenvalue weighted by Gasteiger charge is 2.22. The molecular formula is C18H24N4O3. The molecule has 134 valence electrons. The molecule has 7 heteroatoms. The Labute approximate surface area is 147 Å². The molecule has 0 aliphatic carbocycles. The van der Waals surface area contributed by atoms with Crippen LogP contribution in [0.15, 0.2) is 36.7 Å². The van der Waals surface area contributed by atoms with Crippen molar-refractivity contribution in [1.29, 1.82) is 0 Å². The van der Waals surface area contributed by atoms with Gasteiger partial charge in [-0.15, -0.1) is 0 Å². The molecule has 0 bridgehead atoms. The second-order valence-electron chi connectivity index (χ2n) is 6.19. The van der Waals surface area contributed by atoms with E-state index in [0.717, 1.165) is 30.2 Å². The highest BCUT2D eigenvalue weighted by atomic mass is 16.5. The van der Waals surface area contributed by atoms with Gasteiger partial charge in [0.05, 0.1) is 13.7 Å². The fourth-order valence-electron chi connectivity index (χ4n) is 2.94. The summed E-state index contributed by atoms with van der Waals surface area (Å²) in [6.07, 6.45) is 4.56. The van der Waals surface area contributed by atoms with Gasteiger partial charge < -0.3 is 24.7 Å². The van der Waals surface area contributed by atoms with Gasteiger partial charge in [0, 0.05) is 38.5 Å². The van der Waals surface area contributed by atoms with Gasteiger partial charge in [0.1, 0.15) is 17.6 Å². The van der Waals surface area contributed by atoms with E-state index in [2.05, 4.69) is 15.6 Å². The van der Waals surface area contributed by atoms with Crippen molar-refractivity contribution in [3.8, 4) is 5.75 Å². The second kappa shape index (κ2) is 8.02. The molecule has 1 aromatic heterocycles. The van der Waals surface area contributed by atoms with Crippen LogP contribution in [-0.2, 0) is 11.8 Å². The van der Waals surface area contributed by atoms with Crippen LogP contribution in [-0.4, -0.2) is 42.5 Å². The van der Waals surface area contributed by atoms with Crippen LogP contribution in [0.4, 0.5) is 4.79 Å². The van der Waals surface area contributed by atoms with Crippen molar-refractivity contribution in [1.82, 2.24) is 20.2 Å². The largest absolute Gasteiger partial charge is 0.497 e. The van der Waals surface area contributed by atoms with Gasteiger partial charge in [0.15, 0.2) is 0 Å². The molecule has 2 amide bonds. The summed E-state index contributed by atoms with van der Waals surface area (Å²) in [5, 5.41) is 5.96. The number of nitrogens with one attached hydrogen (secondary N) is 2. The number of hydrogen-bond donors (Lipinski definition) is 2. The number of carbonyl (C=O) groups excluding carboxylic acids is 1. The number of nitrogens with zero attached hydrogens (tertiary/aromatic N) is 2. The lowest BCUT2D eigenvalue weighted by Gasteiger charge is -2.20. The molecule has 2 aromatic rings. The first kappa shape index (κ1) is 17.3. The lowest BCUT2D eigenvalue weighted by atomic mass is 10.1. The molecule has 2 N–H and O–H groups in total. The van der Waals surface area contributed by atoms with Gasteiger partial charge in [0.25, 0.3) is 0 Å². The van der Waals surface area contributed by atoms with Crippen LogP contribution in [0.3, 0.4) is 0 Å². The van der Waals surface area contributed by atoms with Crippen molar-refractivity contribution in [2.75, 3.05) is 26.9 Å². The Balaban J connectivity index is 1.74. The Morgan fingerprint density at radius 1 is 1.52 bits per heavy atom. The van der Waals surface area contributed by atoms with Gasteiger partial charge in [-0.25, -0.2) is 9.78 Å². The number of amides is 2. The van der Waals surface area contributed by atoms with Crippen LogP contribution < -0.4 is 15.4 Å². The van der Waals surface area contributed by atoms with Crippen molar-refractivity contribution in [3.05, 3.63) is 48.0 Å². The van der Waals surface area contributed by atoms with Crippen LogP contribution in [0.25, 0.3) is 0 Å². The summed E-state index contributed by atoms with van der Waals surface area (Å²) >= 11 is 0.